The summed E-state index contributed by atoms with van der Waals surface area (Å²) in [5.74, 6) is 0.385. The highest BCUT2D eigenvalue weighted by atomic mass is 35.5. The number of hydrogen-bond acceptors (Lipinski definition) is 5. The van der Waals surface area contributed by atoms with E-state index in [9.17, 15) is 4.79 Å². The van der Waals surface area contributed by atoms with E-state index in [1.807, 2.05) is 18.2 Å². The molecule has 0 aliphatic carbocycles. The van der Waals surface area contributed by atoms with Crippen molar-refractivity contribution >= 4 is 18.4 Å². The third kappa shape index (κ3) is 5.46. The maximum absolute atomic E-state index is 12.2. The molecular formula is C20H24ClNO4. The molecule has 1 fully saturated rings. The third-order valence-corrected chi connectivity index (χ3v) is 4.30. The number of rotatable bonds is 6. The molecule has 0 radical (unpaired) electrons. The Bertz CT molecular complexity index is 699. The Morgan fingerprint density at radius 2 is 1.69 bits per heavy atom. The van der Waals surface area contributed by atoms with Crippen LogP contribution in [0.3, 0.4) is 0 Å². The Morgan fingerprint density at radius 3 is 2.35 bits per heavy atom. The zero-order chi connectivity index (χ0) is 17.5. The van der Waals surface area contributed by atoms with Gasteiger partial charge in [0.25, 0.3) is 0 Å². The molecule has 0 spiro atoms. The van der Waals surface area contributed by atoms with Crippen LogP contribution in [0.15, 0.2) is 48.5 Å². The van der Waals surface area contributed by atoms with Crippen molar-refractivity contribution in [2.75, 3.05) is 33.4 Å². The van der Waals surface area contributed by atoms with Crippen molar-refractivity contribution in [3.8, 4) is 5.75 Å². The van der Waals surface area contributed by atoms with Gasteiger partial charge >= 0.3 is 5.97 Å². The number of methoxy groups -OCH3 is 1. The average Bonchev–Trinajstić information content (AvgIpc) is 2.68. The molecular weight excluding hydrogens is 354 g/mol. The Hall–Kier alpha value is -2.08. The molecule has 2 aromatic rings. The third-order valence-electron chi connectivity index (χ3n) is 4.30. The van der Waals surface area contributed by atoms with E-state index in [0.717, 1.165) is 38.4 Å². The second kappa shape index (κ2) is 10.2. The first-order chi connectivity index (χ1) is 12.3. The first kappa shape index (κ1) is 20.2. The van der Waals surface area contributed by atoms with Crippen LogP contribution in [0.25, 0.3) is 0 Å². The van der Waals surface area contributed by atoms with Gasteiger partial charge in [-0.25, -0.2) is 4.79 Å². The molecule has 0 atom stereocenters. The first-order valence-electron chi connectivity index (χ1n) is 8.44. The zero-order valence-corrected chi connectivity index (χ0v) is 15.7. The molecule has 0 amide bonds. The smallest absolute Gasteiger partial charge is 0.338 e. The maximum Gasteiger partial charge on any atom is 0.338 e. The summed E-state index contributed by atoms with van der Waals surface area (Å²) in [4.78, 5) is 14.6. The van der Waals surface area contributed by atoms with Gasteiger partial charge in [0.1, 0.15) is 12.4 Å². The largest absolute Gasteiger partial charge is 0.497 e. The lowest BCUT2D eigenvalue weighted by molar-refractivity contribution is 0.0335. The van der Waals surface area contributed by atoms with E-state index in [2.05, 4.69) is 11.0 Å². The Balaban J connectivity index is 0.00000243. The van der Waals surface area contributed by atoms with Crippen LogP contribution in [-0.2, 0) is 22.6 Å². The van der Waals surface area contributed by atoms with Gasteiger partial charge in [-0.2, -0.15) is 0 Å². The van der Waals surface area contributed by atoms with Crippen molar-refractivity contribution in [1.82, 2.24) is 4.90 Å². The van der Waals surface area contributed by atoms with E-state index in [1.165, 1.54) is 5.56 Å². The van der Waals surface area contributed by atoms with Crippen LogP contribution in [0, 0.1) is 0 Å². The summed E-state index contributed by atoms with van der Waals surface area (Å²) >= 11 is 0. The van der Waals surface area contributed by atoms with Crippen LogP contribution in [0.1, 0.15) is 21.5 Å². The van der Waals surface area contributed by atoms with Gasteiger partial charge in [0, 0.05) is 19.6 Å². The van der Waals surface area contributed by atoms with Gasteiger partial charge in [0.2, 0.25) is 0 Å². The van der Waals surface area contributed by atoms with E-state index in [-0.39, 0.29) is 25.0 Å². The van der Waals surface area contributed by atoms with E-state index < -0.39 is 0 Å². The van der Waals surface area contributed by atoms with Crippen molar-refractivity contribution < 1.29 is 19.0 Å². The number of esters is 1. The van der Waals surface area contributed by atoms with Crippen molar-refractivity contribution in [1.29, 1.82) is 0 Å². The Kier molecular flexibility index (Phi) is 7.91. The van der Waals surface area contributed by atoms with E-state index in [4.69, 9.17) is 14.2 Å². The van der Waals surface area contributed by atoms with Crippen LogP contribution in [-0.4, -0.2) is 44.3 Å². The monoisotopic (exact) mass is 377 g/mol. The highest BCUT2D eigenvalue weighted by Crippen LogP contribution is 2.16. The number of hydrogen-bond donors (Lipinski definition) is 0. The molecule has 6 heteroatoms. The number of carbonyl (C=O) groups excluding carboxylic acids is 1. The topological polar surface area (TPSA) is 48.0 Å². The fourth-order valence-electron chi connectivity index (χ4n) is 2.81. The predicted octanol–water partition coefficient (Wildman–Crippen LogP) is 3.31. The number of carbonyl (C=O) groups is 1. The van der Waals surface area contributed by atoms with Crippen molar-refractivity contribution in [3.63, 3.8) is 0 Å². The lowest BCUT2D eigenvalue weighted by atomic mass is 10.1. The molecule has 140 valence electrons. The fourth-order valence-corrected chi connectivity index (χ4v) is 2.81. The Labute approximate surface area is 160 Å². The lowest BCUT2D eigenvalue weighted by Crippen LogP contribution is -2.35. The van der Waals surface area contributed by atoms with Crippen molar-refractivity contribution in [3.05, 3.63) is 65.2 Å². The van der Waals surface area contributed by atoms with Crippen LogP contribution in [0.4, 0.5) is 0 Å². The molecule has 0 N–H and O–H groups in total. The van der Waals surface area contributed by atoms with Gasteiger partial charge in [-0.1, -0.05) is 24.3 Å². The molecule has 1 aliphatic heterocycles. The van der Waals surface area contributed by atoms with Crippen LogP contribution in [0.5, 0.6) is 5.75 Å². The molecule has 26 heavy (non-hydrogen) atoms. The van der Waals surface area contributed by atoms with Gasteiger partial charge in [-0.05, 0) is 35.4 Å². The highest BCUT2D eigenvalue weighted by molar-refractivity contribution is 5.89. The number of ether oxygens (including phenoxy) is 3. The molecule has 1 saturated heterocycles. The van der Waals surface area contributed by atoms with Gasteiger partial charge in [-0.3, -0.25) is 4.90 Å². The van der Waals surface area contributed by atoms with Crippen LogP contribution in [0.2, 0.25) is 0 Å². The maximum atomic E-state index is 12.2. The second-order valence-electron chi connectivity index (χ2n) is 5.96. The van der Waals surface area contributed by atoms with Crippen molar-refractivity contribution in [2.24, 2.45) is 0 Å². The summed E-state index contributed by atoms with van der Waals surface area (Å²) in [6.45, 7) is 4.52. The number of benzene rings is 2. The minimum absolute atomic E-state index is 0. The Morgan fingerprint density at radius 1 is 1.04 bits per heavy atom. The van der Waals surface area contributed by atoms with E-state index in [1.54, 1.807) is 31.4 Å². The average molecular weight is 378 g/mol. The molecule has 0 aromatic heterocycles. The second-order valence-corrected chi connectivity index (χ2v) is 5.96. The number of nitrogens with zero attached hydrogens (tertiary/aromatic N) is 1. The molecule has 0 saturated carbocycles. The quantitative estimate of drug-likeness (QED) is 0.723. The molecule has 1 aliphatic rings. The molecule has 3 rings (SSSR count). The fraction of sp³-hybridized carbons (Fsp3) is 0.350. The minimum atomic E-state index is -0.330. The van der Waals surface area contributed by atoms with E-state index >= 15 is 0 Å². The van der Waals surface area contributed by atoms with Gasteiger partial charge < -0.3 is 14.2 Å². The summed E-state index contributed by atoms with van der Waals surface area (Å²) in [6.07, 6.45) is 0. The van der Waals surface area contributed by atoms with Gasteiger partial charge in [0.05, 0.1) is 25.9 Å². The summed E-state index contributed by atoms with van der Waals surface area (Å²) < 4.78 is 16.0. The zero-order valence-electron chi connectivity index (χ0n) is 14.8. The lowest BCUT2D eigenvalue weighted by Gasteiger charge is -2.27. The van der Waals surface area contributed by atoms with E-state index in [0.29, 0.717) is 11.3 Å². The SMILES string of the molecule is COc1ccc(C(=O)OCc2ccccc2CN2CCOCC2)cc1.Cl. The molecule has 0 bridgehead atoms. The first-order valence-corrected chi connectivity index (χ1v) is 8.44. The van der Waals surface area contributed by atoms with Crippen molar-refractivity contribution in [2.45, 2.75) is 13.2 Å². The van der Waals surface area contributed by atoms with Gasteiger partial charge in [-0.15, -0.1) is 12.4 Å². The molecule has 5 nitrogen and oxygen atoms in total. The number of halogens is 1. The number of morpholine rings is 1. The summed E-state index contributed by atoms with van der Waals surface area (Å²) in [6, 6.07) is 15.0. The minimum Gasteiger partial charge on any atom is -0.497 e. The normalized spacial score (nSPS) is 14.3. The summed E-state index contributed by atoms with van der Waals surface area (Å²) in [5, 5.41) is 0. The summed E-state index contributed by atoms with van der Waals surface area (Å²) in [7, 11) is 1.60. The summed E-state index contributed by atoms with van der Waals surface area (Å²) in [5.41, 5.74) is 2.74. The van der Waals surface area contributed by atoms with Crippen LogP contribution >= 0.6 is 12.4 Å². The van der Waals surface area contributed by atoms with Crippen LogP contribution < -0.4 is 4.74 Å². The van der Waals surface area contributed by atoms with Gasteiger partial charge in [0.15, 0.2) is 0 Å². The predicted molar refractivity (Wildman–Crippen MR) is 102 cm³/mol. The standard InChI is InChI=1S/C20H23NO4.ClH/c1-23-19-8-6-16(7-9-19)20(22)25-15-18-5-3-2-4-17(18)14-21-10-12-24-13-11-21;/h2-9H,10-15H2,1H3;1H. The molecule has 2 aromatic carbocycles. The highest BCUT2D eigenvalue weighted by Gasteiger charge is 2.14. The molecule has 1 heterocycles. The molecule has 0 unspecified atom stereocenters.